The molecule has 0 aromatic rings. The van der Waals surface area contributed by atoms with Gasteiger partial charge in [0.05, 0.1) is 31.8 Å². The van der Waals surface area contributed by atoms with E-state index in [1.165, 1.54) is 0 Å². The van der Waals surface area contributed by atoms with E-state index in [4.69, 9.17) is 9.47 Å². The van der Waals surface area contributed by atoms with E-state index in [1.807, 2.05) is 0 Å². The third-order valence-electron chi connectivity index (χ3n) is 3.97. The molecule has 0 bridgehead atoms. The number of nitrogens with one attached hydrogen (secondary N) is 1. The van der Waals surface area contributed by atoms with Crippen molar-refractivity contribution in [2.75, 3.05) is 72.2 Å². The van der Waals surface area contributed by atoms with Crippen LogP contribution < -0.4 is 5.32 Å². The molecule has 1 fully saturated rings. The first-order chi connectivity index (χ1) is 11.1. The fourth-order valence-electron chi connectivity index (χ4n) is 2.47. The second-order valence-corrected chi connectivity index (χ2v) is 7.93. The maximum Gasteiger partial charge on any atom is 0.0701 e. The number of ether oxygens (including phenoxy) is 2. The average Bonchev–Trinajstić information content (AvgIpc) is 2.56. The van der Waals surface area contributed by atoms with Gasteiger partial charge in [0.1, 0.15) is 0 Å². The summed E-state index contributed by atoms with van der Waals surface area (Å²) in [4.78, 5) is 4.96. The van der Waals surface area contributed by atoms with E-state index in [0.717, 1.165) is 59.0 Å². The topological polar surface area (TPSA) is 37.0 Å². The van der Waals surface area contributed by atoms with Crippen LogP contribution in [0.25, 0.3) is 0 Å². The molecule has 0 aliphatic carbocycles. The van der Waals surface area contributed by atoms with Crippen LogP contribution in [0.2, 0.25) is 0 Å². The van der Waals surface area contributed by atoms with Crippen molar-refractivity contribution in [2.24, 2.45) is 5.92 Å². The smallest absolute Gasteiger partial charge is 0.0701 e. The first-order valence-electron chi connectivity index (χ1n) is 8.76. The van der Waals surface area contributed by atoms with Crippen molar-refractivity contribution in [3.05, 3.63) is 0 Å². The lowest BCUT2D eigenvalue weighted by Gasteiger charge is -2.37. The Kier molecular flexibility index (Phi) is 12.9. The Morgan fingerprint density at radius 1 is 1.00 bits per heavy atom. The van der Waals surface area contributed by atoms with E-state index in [0.29, 0.717) is 24.5 Å². The highest BCUT2D eigenvalue weighted by atomic mass is 33.1. The van der Waals surface area contributed by atoms with Crippen molar-refractivity contribution in [2.45, 2.75) is 26.1 Å². The lowest BCUT2D eigenvalue weighted by Crippen LogP contribution is -2.49. The minimum absolute atomic E-state index is 0.504. The number of hydrogen-bond acceptors (Lipinski definition) is 7. The van der Waals surface area contributed by atoms with E-state index in [9.17, 15) is 0 Å². The first-order valence-corrected chi connectivity index (χ1v) is 10.7. The SMILES string of the molecule is CC(C)CNCCOCCOCCN1CCN(C(C)SS)CC1. The fourth-order valence-corrected chi connectivity index (χ4v) is 3.21. The molecule has 1 saturated heterocycles. The predicted molar refractivity (Wildman–Crippen MR) is 103 cm³/mol. The largest absolute Gasteiger partial charge is 0.378 e. The van der Waals surface area contributed by atoms with Gasteiger partial charge in [0.25, 0.3) is 0 Å². The fraction of sp³-hybridized carbons (Fsp3) is 1.00. The Labute approximate surface area is 151 Å². The second-order valence-electron chi connectivity index (χ2n) is 6.41. The van der Waals surface area contributed by atoms with Gasteiger partial charge in [-0.15, -0.1) is 11.7 Å². The molecule has 1 N–H and O–H groups in total. The maximum atomic E-state index is 5.66. The summed E-state index contributed by atoms with van der Waals surface area (Å²) in [6.07, 6.45) is 0. The van der Waals surface area contributed by atoms with Crippen molar-refractivity contribution in [1.82, 2.24) is 15.1 Å². The van der Waals surface area contributed by atoms with Gasteiger partial charge in [-0.25, -0.2) is 0 Å². The molecule has 0 amide bonds. The van der Waals surface area contributed by atoms with Crippen molar-refractivity contribution in [3.63, 3.8) is 0 Å². The summed E-state index contributed by atoms with van der Waals surface area (Å²) < 4.78 is 11.2. The normalized spacial score (nSPS) is 18.7. The summed E-state index contributed by atoms with van der Waals surface area (Å²) in [6.45, 7) is 17.1. The number of hydrogen-bond donors (Lipinski definition) is 2. The predicted octanol–water partition coefficient (Wildman–Crippen LogP) is 1.81. The Hall–Kier alpha value is 0.500. The summed E-state index contributed by atoms with van der Waals surface area (Å²) in [5.74, 6) is 0.695. The van der Waals surface area contributed by atoms with Crippen LogP contribution in [0.4, 0.5) is 0 Å². The Morgan fingerprint density at radius 2 is 1.65 bits per heavy atom. The zero-order chi connectivity index (χ0) is 16.9. The summed E-state index contributed by atoms with van der Waals surface area (Å²) >= 11 is 4.30. The van der Waals surface area contributed by atoms with Crippen LogP contribution >= 0.6 is 22.5 Å². The molecule has 0 saturated carbocycles. The number of piperazine rings is 1. The Morgan fingerprint density at radius 3 is 2.26 bits per heavy atom. The number of thiol groups is 1. The van der Waals surface area contributed by atoms with Gasteiger partial charge in [-0.05, 0) is 19.4 Å². The van der Waals surface area contributed by atoms with Crippen molar-refractivity contribution < 1.29 is 9.47 Å². The molecule has 138 valence electrons. The lowest BCUT2D eigenvalue weighted by molar-refractivity contribution is 0.0321. The summed E-state index contributed by atoms with van der Waals surface area (Å²) in [5.41, 5.74) is 0. The van der Waals surface area contributed by atoms with Crippen LogP contribution in [-0.4, -0.2) is 87.4 Å². The molecule has 1 rings (SSSR count). The molecule has 7 heteroatoms. The number of rotatable bonds is 13. The third-order valence-corrected chi connectivity index (χ3v) is 5.49. The maximum absolute atomic E-state index is 5.66. The van der Waals surface area contributed by atoms with E-state index in [-0.39, 0.29) is 0 Å². The molecule has 5 nitrogen and oxygen atoms in total. The molecule has 0 aromatic heterocycles. The quantitative estimate of drug-likeness (QED) is 0.295. The standard InChI is InChI=1S/C16H35N3O2S2/c1-15(2)14-17-4-10-20-12-13-21-11-9-18-5-7-19(8-6-18)16(3)23-22/h15-17,22H,4-14H2,1-3H3. The molecular weight excluding hydrogens is 330 g/mol. The van der Waals surface area contributed by atoms with Crippen molar-refractivity contribution in [1.29, 1.82) is 0 Å². The highest BCUT2D eigenvalue weighted by Gasteiger charge is 2.20. The molecule has 23 heavy (non-hydrogen) atoms. The second kappa shape index (κ2) is 13.8. The molecule has 0 spiro atoms. The summed E-state index contributed by atoms with van der Waals surface area (Å²) in [6, 6.07) is 0. The zero-order valence-corrected chi connectivity index (χ0v) is 16.7. The van der Waals surface area contributed by atoms with Gasteiger partial charge in [0.2, 0.25) is 0 Å². The van der Waals surface area contributed by atoms with Gasteiger partial charge in [-0.3, -0.25) is 9.80 Å². The van der Waals surface area contributed by atoms with Crippen LogP contribution in [0.3, 0.4) is 0 Å². The monoisotopic (exact) mass is 365 g/mol. The molecule has 0 radical (unpaired) electrons. The molecular formula is C16H35N3O2S2. The third kappa shape index (κ3) is 10.9. The van der Waals surface area contributed by atoms with Gasteiger partial charge in [0, 0.05) is 39.3 Å². The summed E-state index contributed by atoms with van der Waals surface area (Å²) in [5, 5.41) is 3.87. The van der Waals surface area contributed by atoms with Crippen LogP contribution in [0.1, 0.15) is 20.8 Å². The van der Waals surface area contributed by atoms with Crippen LogP contribution in [0, 0.1) is 5.92 Å². The van der Waals surface area contributed by atoms with Gasteiger partial charge < -0.3 is 14.8 Å². The van der Waals surface area contributed by atoms with Gasteiger partial charge >= 0.3 is 0 Å². The zero-order valence-electron chi connectivity index (χ0n) is 15.0. The molecule has 1 heterocycles. The average molecular weight is 366 g/mol. The van der Waals surface area contributed by atoms with Crippen molar-refractivity contribution >= 4 is 22.5 Å². The minimum Gasteiger partial charge on any atom is -0.378 e. The lowest BCUT2D eigenvalue weighted by atomic mass is 10.2. The van der Waals surface area contributed by atoms with Gasteiger partial charge in [-0.2, -0.15) is 0 Å². The van der Waals surface area contributed by atoms with Crippen LogP contribution in [-0.2, 0) is 9.47 Å². The van der Waals surface area contributed by atoms with Gasteiger partial charge in [-0.1, -0.05) is 24.6 Å². The number of nitrogens with zero attached hydrogens (tertiary/aromatic N) is 2. The Balaban J connectivity index is 1.85. The van der Waals surface area contributed by atoms with Gasteiger partial charge in [0.15, 0.2) is 0 Å². The Bertz CT molecular complexity index is 278. The first kappa shape index (κ1) is 21.5. The molecule has 0 aromatic carbocycles. The molecule has 1 aliphatic rings. The molecule has 1 atom stereocenters. The van der Waals surface area contributed by atoms with Crippen molar-refractivity contribution in [3.8, 4) is 0 Å². The van der Waals surface area contributed by atoms with Crippen LogP contribution in [0.5, 0.6) is 0 Å². The van der Waals surface area contributed by atoms with E-state index in [1.54, 1.807) is 10.8 Å². The van der Waals surface area contributed by atoms with E-state index < -0.39 is 0 Å². The minimum atomic E-state index is 0.504. The molecule has 1 unspecified atom stereocenters. The van der Waals surface area contributed by atoms with E-state index in [2.05, 4.69) is 47.5 Å². The summed E-state index contributed by atoms with van der Waals surface area (Å²) in [7, 11) is 1.63. The highest BCUT2D eigenvalue weighted by molar-refractivity contribution is 8.68. The highest BCUT2D eigenvalue weighted by Crippen LogP contribution is 2.19. The molecule has 1 aliphatic heterocycles. The van der Waals surface area contributed by atoms with Crippen LogP contribution in [0.15, 0.2) is 0 Å². The van der Waals surface area contributed by atoms with E-state index >= 15 is 0 Å².